The van der Waals surface area contributed by atoms with E-state index in [4.69, 9.17) is 10.8 Å². The molecule has 2 atom stereocenters. The van der Waals surface area contributed by atoms with Crippen molar-refractivity contribution >= 4 is 5.97 Å². The smallest absolute Gasteiger partial charge is 0.306 e. The zero-order valence-electron chi connectivity index (χ0n) is 7.63. The van der Waals surface area contributed by atoms with E-state index in [0.717, 1.165) is 5.56 Å². The minimum atomic E-state index is -1.05. The minimum Gasteiger partial charge on any atom is -0.481 e. The molecule has 0 heterocycles. The van der Waals surface area contributed by atoms with Gasteiger partial charge in [-0.1, -0.05) is 30.3 Å². The third kappa shape index (κ3) is 2.83. The summed E-state index contributed by atoms with van der Waals surface area (Å²) < 4.78 is 0. The molecule has 0 bridgehead atoms. The molecule has 0 fully saturated rings. The Bertz CT molecular complexity index is 299. The average molecular weight is 195 g/mol. The Morgan fingerprint density at radius 1 is 1.36 bits per heavy atom. The van der Waals surface area contributed by atoms with Crippen LogP contribution in [0.4, 0.5) is 0 Å². The summed E-state index contributed by atoms with van der Waals surface area (Å²) in [4.78, 5) is 10.3. The lowest BCUT2D eigenvalue weighted by Crippen LogP contribution is -2.28. The maximum atomic E-state index is 10.3. The predicted molar refractivity (Wildman–Crippen MR) is 51.6 cm³/mol. The number of benzene rings is 1. The van der Waals surface area contributed by atoms with Crippen LogP contribution in [0.1, 0.15) is 18.0 Å². The van der Waals surface area contributed by atoms with Crippen LogP contribution in [-0.4, -0.2) is 22.3 Å². The van der Waals surface area contributed by atoms with Crippen LogP contribution in [-0.2, 0) is 4.79 Å². The summed E-state index contributed by atoms with van der Waals surface area (Å²) in [5, 5.41) is 17.9. The second-order valence-electron chi connectivity index (χ2n) is 3.10. The van der Waals surface area contributed by atoms with Crippen LogP contribution >= 0.6 is 0 Å². The third-order valence-corrected chi connectivity index (χ3v) is 1.98. The van der Waals surface area contributed by atoms with E-state index in [2.05, 4.69) is 0 Å². The lowest BCUT2D eigenvalue weighted by molar-refractivity contribution is -0.139. The molecule has 1 aromatic carbocycles. The molecular weight excluding hydrogens is 182 g/mol. The van der Waals surface area contributed by atoms with E-state index in [9.17, 15) is 9.90 Å². The number of carboxylic acid groups (broad SMARTS) is 1. The maximum absolute atomic E-state index is 10.3. The van der Waals surface area contributed by atoms with Crippen LogP contribution in [0.5, 0.6) is 0 Å². The number of nitrogens with two attached hydrogens (primary N) is 1. The Balaban J connectivity index is 2.65. The molecule has 76 valence electrons. The van der Waals surface area contributed by atoms with Gasteiger partial charge in [-0.25, -0.2) is 0 Å². The third-order valence-electron chi connectivity index (χ3n) is 1.98. The van der Waals surface area contributed by atoms with Crippen LogP contribution < -0.4 is 5.73 Å². The number of carboxylic acids is 1. The molecular formula is C10H13NO3. The average Bonchev–Trinajstić information content (AvgIpc) is 2.17. The molecule has 4 N–H and O–H groups in total. The summed E-state index contributed by atoms with van der Waals surface area (Å²) >= 11 is 0. The van der Waals surface area contributed by atoms with E-state index < -0.39 is 18.1 Å². The number of hydrogen-bond donors (Lipinski definition) is 3. The van der Waals surface area contributed by atoms with Crippen molar-refractivity contribution < 1.29 is 15.0 Å². The molecule has 4 heteroatoms. The van der Waals surface area contributed by atoms with Crippen molar-refractivity contribution in [1.29, 1.82) is 0 Å². The van der Waals surface area contributed by atoms with Gasteiger partial charge in [-0.05, 0) is 5.56 Å². The second-order valence-corrected chi connectivity index (χ2v) is 3.10. The largest absolute Gasteiger partial charge is 0.481 e. The van der Waals surface area contributed by atoms with Crippen molar-refractivity contribution in [3.05, 3.63) is 35.9 Å². The Morgan fingerprint density at radius 3 is 2.43 bits per heavy atom. The number of aliphatic hydroxyl groups is 1. The van der Waals surface area contributed by atoms with E-state index in [1.807, 2.05) is 6.07 Å². The molecule has 4 nitrogen and oxygen atoms in total. The molecule has 0 saturated carbocycles. The number of aliphatic hydroxyl groups excluding tert-OH is 1. The van der Waals surface area contributed by atoms with Crippen molar-refractivity contribution in [2.24, 2.45) is 5.73 Å². The molecule has 14 heavy (non-hydrogen) atoms. The van der Waals surface area contributed by atoms with Crippen molar-refractivity contribution in [2.75, 3.05) is 0 Å². The van der Waals surface area contributed by atoms with Crippen LogP contribution in [0.2, 0.25) is 0 Å². The first kappa shape index (κ1) is 10.7. The van der Waals surface area contributed by atoms with Gasteiger partial charge in [0.1, 0.15) is 0 Å². The SMILES string of the molecule is N[C@@H](c1ccccc1)[C@H](O)CC(=O)O. The molecule has 0 radical (unpaired) electrons. The van der Waals surface area contributed by atoms with Gasteiger partial charge in [-0.3, -0.25) is 4.79 Å². The Labute approximate surface area is 82.0 Å². The minimum absolute atomic E-state index is 0.337. The van der Waals surface area contributed by atoms with Gasteiger partial charge in [-0.15, -0.1) is 0 Å². The number of aliphatic carboxylic acids is 1. The zero-order valence-corrected chi connectivity index (χ0v) is 7.63. The summed E-state index contributed by atoms with van der Waals surface area (Å²) in [5.74, 6) is -1.05. The van der Waals surface area contributed by atoms with Gasteiger partial charge in [0.25, 0.3) is 0 Å². The highest BCUT2D eigenvalue weighted by Gasteiger charge is 2.19. The van der Waals surface area contributed by atoms with E-state index in [-0.39, 0.29) is 6.42 Å². The highest BCUT2D eigenvalue weighted by Crippen LogP contribution is 2.15. The van der Waals surface area contributed by atoms with Crippen LogP contribution in [0.25, 0.3) is 0 Å². The second kappa shape index (κ2) is 4.74. The molecule has 0 spiro atoms. The number of rotatable bonds is 4. The molecule has 1 rings (SSSR count). The van der Waals surface area contributed by atoms with E-state index in [0.29, 0.717) is 0 Å². The molecule has 0 aliphatic carbocycles. The van der Waals surface area contributed by atoms with Gasteiger partial charge < -0.3 is 15.9 Å². The lowest BCUT2D eigenvalue weighted by Gasteiger charge is -2.17. The molecule has 0 aliphatic heterocycles. The Hall–Kier alpha value is -1.39. The normalized spacial score (nSPS) is 14.7. The maximum Gasteiger partial charge on any atom is 0.306 e. The van der Waals surface area contributed by atoms with Gasteiger partial charge in [0.2, 0.25) is 0 Å². The molecule has 0 saturated heterocycles. The monoisotopic (exact) mass is 195 g/mol. The standard InChI is InChI=1S/C10H13NO3/c11-10(8(12)6-9(13)14)7-4-2-1-3-5-7/h1-5,8,10,12H,6,11H2,(H,13,14)/t8-,10+/m1/s1. The molecule has 1 aromatic rings. The first-order valence-corrected chi connectivity index (χ1v) is 4.31. The summed E-state index contributed by atoms with van der Waals surface area (Å²) in [6, 6.07) is 8.30. The molecule has 0 amide bonds. The summed E-state index contributed by atoms with van der Waals surface area (Å²) in [6.07, 6.45) is -1.38. The van der Waals surface area contributed by atoms with E-state index >= 15 is 0 Å². The van der Waals surface area contributed by atoms with Gasteiger partial charge in [0.05, 0.1) is 18.6 Å². The first-order chi connectivity index (χ1) is 6.61. The summed E-state index contributed by atoms with van der Waals surface area (Å²) in [5.41, 5.74) is 6.41. The fourth-order valence-corrected chi connectivity index (χ4v) is 1.20. The zero-order chi connectivity index (χ0) is 10.6. The van der Waals surface area contributed by atoms with Gasteiger partial charge >= 0.3 is 5.97 Å². The van der Waals surface area contributed by atoms with Gasteiger partial charge in [0.15, 0.2) is 0 Å². The fourth-order valence-electron chi connectivity index (χ4n) is 1.20. The number of hydrogen-bond acceptors (Lipinski definition) is 3. The van der Waals surface area contributed by atoms with Crippen molar-refractivity contribution in [1.82, 2.24) is 0 Å². The quantitative estimate of drug-likeness (QED) is 0.654. The first-order valence-electron chi connectivity index (χ1n) is 4.31. The van der Waals surface area contributed by atoms with Crippen LogP contribution in [0.3, 0.4) is 0 Å². The van der Waals surface area contributed by atoms with E-state index in [1.54, 1.807) is 24.3 Å². The highest BCUT2D eigenvalue weighted by molar-refractivity contribution is 5.67. The van der Waals surface area contributed by atoms with E-state index in [1.165, 1.54) is 0 Å². The molecule has 0 aliphatic rings. The summed E-state index contributed by atoms with van der Waals surface area (Å²) in [6.45, 7) is 0. The van der Waals surface area contributed by atoms with Crippen LogP contribution in [0.15, 0.2) is 30.3 Å². The van der Waals surface area contributed by atoms with Crippen molar-refractivity contribution in [3.8, 4) is 0 Å². The topological polar surface area (TPSA) is 83.5 Å². The predicted octanol–water partition coefficient (Wildman–Crippen LogP) is 0.522. The lowest BCUT2D eigenvalue weighted by atomic mass is 10.0. The molecule has 0 aromatic heterocycles. The van der Waals surface area contributed by atoms with Crippen LogP contribution in [0, 0.1) is 0 Å². The fraction of sp³-hybridized carbons (Fsp3) is 0.300. The van der Waals surface area contributed by atoms with Crippen molar-refractivity contribution in [2.45, 2.75) is 18.6 Å². The Kier molecular flexibility index (Phi) is 3.62. The summed E-state index contributed by atoms with van der Waals surface area (Å²) in [7, 11) is 0. The Morgan fingerprint density at radius 2 is 1.93 bits per heavy atom. The number of carbonyl (C=O) groups is 1. The van der Waals surface area contributed by atoms with Crippen molar-refractivity contribution in [3.63, 3.8) is 0 Å². The van der Waals surface area contributed by atoms with Gasteiger partial charge in [-0.2, -0.15) is 0 Å². The highest BCUT2D eigenvalue weighted by atomic mass is 16.4. The molecule has 0 unspecified atom stereocenters. The van der Waals surface area contributed by atoms with Gasteiger partial charge in [0, 0.05) is 0 Å².